The summed E-state index contributed by atoms with van der Waals surface area (Å²) in [5.41, 5.74) is 2.06. The van der Waals surface area contributed by atoms with E-state index < -0.39 is 18.0 Å². The number of rotatable bonds is 5. The lowest BCUT2D eigenvalue weighted by Crippen LogP contribution is -2.37. The Labute approximate surface area is 146 Å². The van der Waals surface area contributed by atoms with E-state index >= 15 is 0 Å². The van der Waals surface area contributed by atoms with Gasteiger partial charge in [0, 0.05) is 10.7 Å². The van der Waals surface area contributed by atoms with Crippen LogP contribution in [0.15, 0.2) is 29.5 Å². The van der Waals surface area contributed by atoms with Crippen LogP contribution in [0.2, 0.25) is 5.02 Å². The van der Waals surface area contributed by atoms with E-state index in [-0.39, 0.29) is 18.8 Å². The Morgan fingerprint density at radius 2 is 1.96 bits per heavy atom. The number of ether oxygens (including phenoxy) is 2. The third-order valence-electron chi connectivity index (χ3n) is 3.48. The fraction of sp³-hybridized carbons (Fsp3) is 0.412. The quantitative estimate of drug-likeness (QED) is 0.791. The maximum absolute atomic E-state index is 12.5. The third kappa shape index (κ3) is 4.00. The minimum Gasteiger partial charge on any atom is -0.464 e. The van der Waals surface area contributed by atoms with Crippen LogP contribution >= 0.6 is 11.6 Å². The van der Waals surface area contributed by atoms with E-state index in [9.17, 15) is 9.59 Å². The summed E-state index contributed by atoms with van der Waals surface area (Å²) < 4.78 is 10.3. The molecular weight excluding hydrogens is 332 g/mol. The molecule has 24 heavy (non-hydrogen) atoms. The zero-order valence-electron chi connectivity index (χ0n) is 13.9. The predicted octanol–water partition coefficient (Wildman–Crippen LogP) is 3.34. The smallest absolute Gasteiger partial charge is 0.338 e. The van der Waals surface area contributed by atoms with Gasteiger partial charge in [-0.25, -0.2) is 9.59 Å². The fourth-order valence-corrected chi connectivity index (χ4v) is 2.58. The molecule has 0 bridgehead atoms. The average Bonchev–Trinajstić information content (AvgIpc) is 2.68. The number of anilines is 2. The van der Waals surface area contributed by atoms with Crippen LogP contribution in [0.3, 0.4) is 0 Å². The van der Waals surface area contributed by atoms with Crippen molar-refractivity contribution in [1.82, 2.24) is 0 Å². The van der Waals surface area contributed by atoms with Crippen LogP contribution in [0.1, 0.15) is 27.2 Å². The van der Waals surface area contributed by atoms with Crippen molar-refractivity contribution in [2.24, 2.45) is 0 Å². The molecule has 0 aliphatic carbocycles. The van der Waals surface area contributed by atoms with Crippen LogP contribution < -0.4 is 10.6 Å². The van der Waals surface area contributed by atoms with Gasteiger partial charge in [-0.05, 0) is 38.5 Å². The Hall–Kier alpha value is -2.21. The first kappa shape index (κ1) is 18.1. The number of nitrogens with one attached hydrogen (secondary N) is 2. The van der Waals surface area contributed by atoms with Gasteiger partial charge in [0.05, 0.1) is 30.2 Å². The van der Waals surface area contributed by atoms with Gasteiger partial charge in [-0.1, -0.05) is 18.5 Å². The van der Waals surface area contributed by atoms with E-state index in [4.69, 9.17) is 21.1 Å². The van der Waals surface area contributed by atoms with Crippen LogP contribution in [0.4, 0.5) is 11.4 Å². The zero-order valence-corrected chi connectivity index (χ0v) is 14.7. The topological polar surface area (TPSA) is 76.7 Å². The van der Waals surface area contributed by atoms with E-state index in [0.29, 0.717) is 28.5 Å². The molecule has 6 nitrogen and oxygen atoms in total. The second-order valence-electron chi connectivity index (χ2n) is 5.32. The first-order valence-electron chi connectivity index (χ1n) is 7.85. The van der Waals surface area contributed by atoms with Gasteiger partial charge in [0.2, 0.25) is 0 Å². The highest BCUT2D eigenvalue weighted by Crippen LogP contribution is 2.32. The van der Waals surface area contributed by atoms with Gasteiger partial charge in [0.25, 0.3) is 0 Å². The number of halogens is 1. The number of fused-ring (bicyclic) bond motifs is 1. The van der Waals surface area contributed by atoms with Gasteiger partial charge in [-0.3, -0.25) is 0 Å². The summed E-state index contributed by atoms with van der Waals surface area (Å²) in [4.78, 5) is 24.9. The molecule has 0 radical (unpaired) electrons. The van der Waals surface area contributed by atoms with Crippen molar-refractivity contribution in [3.63, 3.8) is 0 Å². The molecule has 1 unspecified atom stereocenters. The van der Waals surface area contributed by atoms with Gasteiger partial charge >= 0.3 is 11.9 Å². The van der Waals surface area contributed by atoms with E-state index in [1.54, 1.807) is 32.0 Å². The lowest BCUT2D eigenvalue weighted by atomic mass is 10.1. The fourth-order valence-electron chi connectivity index (χ4n) is 2.40. The molecule has 2 rings (SSSR count). The number of esters is 2. The summed E-state index contributed by atoms with van der Waals surface area (Å²) in [6.45, 7) is 5.83. The first-order valence-corrected chi connectivity index (χ1v) is 8.23. The van der Waals surface area contributed by atoms with E-state index in [1.165, 1.54) is 0 Å². The number of carbonyl (C=O) groups excluding carboxylic acids is 2. The lowest BCUT2D eigenvalue weighted by Gasteiger charge is -2.19. The molecule has 1 aromatic carbocycles. The van der Waals surface area contributed by atoms with Crippen LogP contribution in [0, 0.1) is 0 Å². The van der Waals surface area contributed by atoms with Crippen molar-refractivity contribution in [1.29, 1.82) is 0 Å². The molecule has 2 N–H and O–H groups in total. The number of benzene rings is 1. The van der Waals surface area contributed by atoms with Crippen molar-refractivity contribution < 1.29 is 19.1 Å². The Kier molecular flexibility index (Phi) is 6.09. The summed E-state index contributed by atoms with van der Waals surface area (Å²) in [6.07, 6.45) is 0.693. The summed E-state index contributed by atoms with van der Waals surface area (Å²) in [5, 5.41) is 6.69. The van der Waals surface area contributed by atoms with E-state index in [0.717, 1.165) is 0 Å². The molecule has 1 heterocycles. The Morgan fingerprint density at radius 1 is 1.21 bits per heavy atom. The van der Waals surface area contributed by atoms with Crippen molar-refractivity contribution in [3.05, 3.63) is 34.5 Å². The highest BCUT2D eigenvalue weighted by molar-refractivity contribution is 6.31. The maximum atomic E-state index is 12.5. The number of hydrogen-bond acceptors (Lipinski definition) is 6. The normalized spacial score (nSPS) is 16.4. The van der Waals surface area contributed by atoms with Crippen molar-refractivity contribution in [2.45, 2.75) is 33.2 Å². The Bertz CT molecular complexity index is 673. The number of carbonyl (C=O) groups is 2. The summed E-state index contributed by atoms with van der Waals surface area (Å²) >= 11 is 6.03. The molecule has 1 aliphatic heterocycles. The van der Waals surface area contributed by atoms with E-state index in [2.05, 4.69) is 10.6 Å². The molecule has 0 amide bonds. The SMILES string of the molecule is CCCOC(=O)C1=C(C)Nc2ccc(Cl)cc2NC1C(=O)OCC. The van der Waals surface area contributed by atoms with Gasteiger partial charge in [-0.2, -0.15) is 0 Å². The van der Waals surface area contributed by atoms with Gasteiger partial charge in [-0.15, -0.1) is 0 Å². The highest BCUT2D eigenvalue weighted by atomic mass is 35.5. The lowest BCUT2D eigenvalue weighted by molar-refractivity contribution is -0.146. The van der Waals surface area contributed by atoms with Crippen LogP contribution in [-0.2, 0) is 19.1 Å². The van der Waals surface area contributed by atoms with Crippen LogP contribution in [-0.4, -0.2) is 31.2 Å². The van der Waals surface area contributed by atoms with Gasteiger partial charge in [0.1, 0.15) is 0 Å². The average molecular weight is 353 g/mol. The summed E-state index contributed by atoms with van der Waals surface area (Å²) in [6, 6.07) is 4.21. The molecule has 0 aromatic heterocycles. The van der Waals surface area contributed by atoms with Crippen molar-refractivity contribution in [3.8, 4) is 0 Å². The highest BCUT2D eigenvalue weighted by Gasteiger charge is 2.34. The maximum Gasteiger partial charge on any atom is 0.338 e. The van der Waals surface area contributed by atoms with Crippen LogP contribution in [0.5, 0.6) is 0 Å². The van der Waals surface area contributed by atoms with Crippen molar-refractivity contribution >= 4 is 34.9 Å². The Morgan fingerprint density at radius 3 is 2.62 bits per heavy atom. The third-order valence-corrected chi connectivity index (χ3v) is 3.71. The molecule has 130 valence electrons. The molecule has 1 atom stereocenters. The van der Waals surface area contributed by atoms with Crippen molar-refractivity contribution in [2.75, 3.05) is 23.8 Å². The molecule has 0 saturated heterocycles. The molecule has 1 aliphatic rings. The predicted molar refractivity (Wildman–Crippen MR) is 93.1 cm³/mol. The number of allylic oxidation sites excluding steroid dienone is 1. The van der Waals surface area contributed by atoms with E-state index in [1.807, 2.05) is 6.92 Å². The van der Waals surface area contributed by atoms with Gasteiger partial charge < -0.3 is 20.1 Å². The minimum atomic E-state index is -0.971. The zero-order chi connectivity index (χ0) is 17.7. The monoisotopic (exact) mass is 352 g/mol. The summed E-state index contributed by atoms with van der Waals surface area (Å²) in [7, 11) is 0. The standard InChI is InChI=1S/C17H21ClN2O4/c1-4-8-24-16(21)14-10(3)19-12-7-6-11(18)9-13(12)20-15(14)17(22)23-5-2/h6-7,9,15,19-20H,4-5,8H2,1-3H3. The van der Waals surface area contributed by atoms with Gasteiger partial charge in [0.15, 0.2) is 6.04 Å². The molecular formula is C17H21ClN2O4. The first-order chi connectivity index (χ1) is 11.5. The minimum absolute atomic E-state index is 0.203. The Balaban J connectivity index is 2.44. The molecule has 0 spiro atoms. The molecule has 7 heteroatoms. The molecule has 0 saturated carbocycles. The number of hydrogen-bond donors (Lipinski definition) is 2. The second-order valence-corrected chi connectivity index (χ2v) is 5.76. The molecule has 0 fully saturated rings. The van der Waals surface area contributed by atoms with Crippen LogP contribution in [0.25, 0.3) is 0 Å². The molecule has 1 aromatic rings. The second kappa shape index (κ2) is 8.06. The largest absolute Gasteiger partial charge is 0.464 e. The summed E-state index contributed by atoms with van der Waals surface area (Å²) in [5.74, 6) is -1.10.